The highest BCUT2D eigenvalue weighted by atomic mass is 16.5. The summed E-state index contributed by atoms with van der Waals surface area (Å²) >= 11 is 0. The van der Waals surface area contributed by atoms with Crippen LogP contribution < -0.4 is 0 Å². The molecule has 108 valence electrons. The minimum Gasteiger partial charge on any atom is -0.378 e. The van der Waals surface area contributed by atoms with E-state index in [0.29, 0.717) is 39.5 Å². The van der Waals surface area contributed by atoms with Gasteiger partial charge in [0.05, 0.1) is 26.4 Å². The van der Waals surface area contributed by atoms with Gasteiger partial charge in [0.15, 0.2) is 0 Å². The molecule has 0 aliphatic carbocycles. The first kappa shape index (κ1) is 15.7. The first-order valence-corrected chi connectivity index (χ1v) is 6.47. The minimum absolute atomic E-state index is 0.00306. The van der Waals surface area contributed by atoms with Crippen LogP contribution in [0.25, 0.3) is 0 Å². The van der Waals surface area contributed by atoms with E-state index in [1.165, 1.54) is 6.08 Å². The van der Waals surface area contributed by atoms with Gasteiger partial charge in [0.1, 0.15) is 0 Å². The van der Waals surface area contributed by atoms with Gasteiger partial charge >= 0.3 is 0 Å². The number of rotatable bonds is 1. The van der Waals surface area contributed by atoms with Gasteiger partial charge in [-0.25, -0.2) is 0 Å². The van der Waals surface area contributed by atoms with E-state index in [4.69, 9.17) is 9.47 Å². The van der Waals surface area contributed by atoms with Gasteiger partial charge in [-0.05, 0) is 6.08 Å². The van der Waals surface area contributed by atoms with Gasteiger partial charge in [0.2, 0.25) is 11.8 Å². The number of amides is 2. The first-order valence-electron chi connectivity index (χ1n) is 6.47. The highest BCUT2D eigenvalue weighted by Crippen LogP contribution is 1.97. The van der Waals surface area contributed by atoms with Crippen molar-refractivity contribution >= 4 is 11.8 Å². The maximum absolute atomic E-state index is 10.9. The summed E-state index contributed by atoms with van der Waals surface area (Å²) < 4.78 is 10.1. The molecule has 0 atom stereocenters. The Morgan fingerprint density at radius 1 is 0.947 bits per heavy atom. The van der Waals surface area contributed by atoms with Crippen LogP contribution in [0.2, 0.25) is 0 Å². The Morgan fingerprint density at radius 2 is 1.37 bits per heavy atom. The lowest BCUT2D eigenvalue weighted by Crippen LogP contribution is -2.39. The second-order valence-electron chi connectivity index (χ2n) is 4.26. The molecule has 0 aromatic heterocycles. The predicted molar refractivity (Wildman–Crippen MR) is 70.7 cm³/mol. The summed E-state index contributed by atoms with van der Waals surface area (Å²) in [4.78, 5) is 25.1. The minimum atomic E-state index is 0.00306. The van der Waals surface area contributed by atoms with E-state index in [1.807, 2.05) is 0 Å². The smallest absolute Gasteiger partial charge is 0.246 e. The van der Waals surface area contributed by atoms with Gasteiger partial charge < -0.3 is 19.3 Å². The molecule has 0 aromatic rings. The lowest BCUT2D eigenvalue weighted by atomic mass is 10.4. The molecule has 2 saturated heterocycles. The van der Waals surface area contributed by atoms with Crippen molar-refractivity contribution < 1.29 is 19.1 Å². The van der Waals surface area contributed by atoms with Crippen molar-refractivity contribution in [1.82, 2.24) is 9.80 Å². The van der Waals surface area contributed by atoms with Gasteiger partial charge in [0, 0.05) is 33.1 Å². The van der Waals surface area contributed by atoms with Crippen LogP contribution in [-0.4, -0.2) is 74.2 Å². The molecule has 2 aliphatic heterocycles. The van der Waals surface area contributed by atoms with Crippen molar-refractivity contribution in [2.24, 2.45) is 0 Å². The molecule has 2 fully saturated rings. The van der Waals surface area contributed by atoms with E-state index in [2.05, 4.69) is 6.58 Å². The fourth-order valence-electron chi connectivity index (χ4n) is 1.79. The Kier molecular flexibility index (Phi) is 7.14. The van der Waals surface area contributed by atoms with Crippen LogP contribution in [0.15, 0.2) is 12.7 Å². The van der Waals surface area contributed by atoms with Crippen LogP contribution in [0.5, 0.6) is 0 Å². The van der Waals surface area contributed by atoms with Crippen LogP contribution in [0, 0.1) is 0 Å². The van der Waals surface area contributed by atoms with Crippen LogP contribution >= 0.6 is 0 Å². The maximum Gasteiger partial charge on any atom is 0.246 e. The number of carbonyl (C=O) groups excluding carboxylic acids is 2. The Morgan fingerprint density at radius 3 is 1.68 bits per heavy atom. The Balaban J connectivity index is 0.000000191. The van der Waals surface area contributed by atoms with E-state index in [9.17, 15) is 9.59 Å². The van der Waals surface area contributed by atoms with Crippen molar-refractivity contribution in [3.63, 3.8) is 0 Å². The van der Waals surface area contributed by atoms with Crippen molar-refractivity contribution in [3.8, 4) is 0 Å². The fraction of sp³-hybridized carbons (Fsp3) is 0.692. The van der Waals surface area contributed by atoms with Gasteiger partial charge in [-0.2, -0.15) is 0 Å². The highest BCUT2D eigenvalue weighted by Gasteiger charge is 2.13. The molecule has 0 bridgehead atoms. The molecule has 0 aromatic carbocycles. The van der Waals surface area contributed by atoms with Crippen LogP contribution in [0.1, 0.15) is 6.92 Å². The zero-order valence-electron chi connectivity index (χ0n) is 11.5. The average molecular weight is 270 g/mol. The molecular weight excluding hydrogens is 248 g/mol. The SMILES string of the molecule is C=CC(=O)N1CCOCC1.CC(=O)N1CCOCC1. The molecule has 6 nitrogen and oxygen atoms in total. The van der Waals surface area contributed by atoms with Crippen LogP contribution in [0.4, 0.5) is 0 Å². The molecule has 0 N–H and O–H groups in total. The number of carbonyl (C=O) groups is 2. The standard InChI is InChI=1S/C7H11NO2.C6H11NO2/c1-2-7(9)8-3-5-10-6-4-8;1-6(8)7-2-4-9-5-3-7/h2H,1,3-6H2;2-5H2,1H3. The predicted octanol–water partition coefficient (Wildman–Crippen LogP) is -0.104. The molecule has 19 heavy (non-hydrogen) atoms. The molecule has 2 rings (SSSR count). The Hall–Kier alpha value is -1.40. The number of ether oxygens (including phenoxy) is 2. The van der Waals surface area contributed by atoms with Crippen molar-refractivity contribution in [2.45, 2.75) is 6.92 Å². The summed E-state index contributed by atoms with van der Waals surface area (Å²) in [5, 5.41) is 0. The highest BCUT2D eigenvalue weighted by molar-refractivity contribution is 5.87. The summed E-state index contributed by atoms with van der Waals surface area (Å²) in [5.74, 6) is 0.154. The van der Waals surface area contributed by atoms with Gasteiger partial charge in [-0.3, -0.25) is 9.59 Å². The number of morpholine rings is 2. The topological polar surface area (TPSA) is 59.1 Å². The number of nitrogens with zero attached hydrogens (tertiary/aromatic N) is 2. The fourth-order valence-corrected chi connectivity index (χ4v) is 1.79. The number of hydrogen-bond donors (Lipinski definition) is 0. The summed E-state index contributed by atoms with van der Waals surface area (Å²) in [6.07, 6.45) is 1.34. The van der Waals surface area contributed by atoms with Crippen LogP contribution in [0.3, 0.4) is 0 Å². The average Bonchev–Trinajstić information content (AvgIpc) is 2.49. The second-order valence-corrected chi connectivity index (χ2v) is 4.26. The molecular formula is C13H22N2O4. The largest absolute Gasteiger partial charge is 0.378 e. The van der Waals surface area contributed by atoms with Crippen molar-refractivity contribution in [1.29, 1.82) is 0 Å². The molecule has 0 spiro atoms. The van der Waals surface area contributed by atoms with Crippen molar-refractivity contribution in [3.05, 3.63) is 12.7 Å². The van der Waals surface area contributed by atoms with Gasteiger partial charge in [-0.1, -0.05) is 6.58 Å². The van der Waals surface area contributed by atoms with E-state index in [-0.39, 0.29) is 11.8 Å². The molecule has 6 heteroatoms. The van der Waals surface area contributed by atoms with E-state index in [1.54, 1.807) is 16.7 Å². The zero-order valence-corrected chi connectivity index (χ0v) is 11.5. The quantitative estimate of drug-likeness (QED) is 0.624. The summed E-state index contributed by atoms with van der Waals surface area (Å²) in [7, 11) is 0. The van der Waals surface area contributed by atoms with E-state index < -0.39 is 0 Å². The van der Waals surface area contributed by atoms with Gasteiger partial charge in [-0.15, -0.1) is 0 Å². The second kappa shape index (κ2) is 8.66. The molecule has 0 saturated carbocycles. The monoisotopic (exact) mass is 270 g/mol. The summed E-state index contributed by atoms with van der Waals surface area (Å²) in [6.45, 7) is 10.6. The number of hydrogen-bond acceptors (Lipinski definition) is 4. The third-order valence-electron chi connectivity index (χ3n) is 2.95. The lowest BCUT2D eigenvalue weighted by molar-refractivity contribution is -0.132. The molecule has 2 aliphatic rings. The third kappa shape index (κ3) is 5.85. The van der Waals surface area contributed by atoms with Gasteiger partial charge in [0.25, 0.3) is 0 Å². The van der Waals surface area contributed by atoms with E-state index >= 15 is 0 Å². The van der Waals surface area contributed by atoms with E-state index in [0.717, 1.165) is 13.1 Å². The third-order valence-corrected chi connectivity index (χ3v) is 2.95. The Bertz CT molecular complexity index is 308. The van der Waals surface area contributed by atoms with Crippen LogP contribution in [-0.2, 0) is 19.1 Å². The molecule has 0 unspecified atom stereocenters. The van der Waals surface area contributed by atoms with Crippen molar-refractivity contribution in [2.75, 3.05) is 52.6 Å². The zero-order chi connectivity index (χ0) is 14.1. The first-order chi connectivity index (χ1) is 9.15. The summed E-state index contributed by atoms with van der Waals surface area (Å²) in [5.41, 5.74) is 0. The molecule has 2 amide bonds. The lowest BCUT2D eigenvalue weighted by Gasteiger charge is -2.25. The molecule has 0 radical (unpaired) electrons. The maximum atomic E-state index is 10.9. The normalized spacial score (nSPS) is 19.2. The summed E-state index contributed by atoms with van der Waals surface area (Å²) in [6, 6.07) is 0. The molecule has 2 heterocycles. The Labute approximate surface area is 113 Å².